The van der Waals surface area contributed by atoms with E-state index < -0.39 is 5.60 Å². The molecule has 1 N–H and O–H groups in total. The molecule has 1 atom stereocenters. The number of rotatable bonds is 6. The van der Waals surface area contributed by atoms with Crippen molar-refractivity contribution in [3.05, 3.63) is 76.8 Å². The van der Waals surface area contributed by atoms with Gasteiger partial charge < -0.3 is 10.1 Å². The lowest BCUT2D eigenvalue weighted by Crippen LogP contribution is -2.39. The third-order valence-electron chi connectivity index (χ3n) is 3.71. The lowest BCUT2D eigenvalue weighted by Gasteiger charge is -2.29. The van der Waals surface area contributed by atoms with Crippen LogP contribution in [-0.4, -0.2) is 19.6 Å². The third kappa shape index (κ3) is 4.95. The smallest absolute Gasteiger partial charge is 0.244 e. The first-order valence-electron chi connectivity index (χ1n) is 7.36. The fourth-order valence-electron chi connectivity index (χ4n) is 2.16. The predicted molar refractivity (Wildman–Crippen MR) is 94.3 cm³/mol. The van der Waals surface area contributed by atoms with Crippen LogP contribution in [0.3, 0.4) is 0 Å². The van der Waals surface area contributed by atoms with E-state index >= 15 is 0 Å². The summed E-state index contributed by atoms with van der Waals surface area (Å²) in [6.45, 7) is 2.27. The molecule has 0 aliphatic carbocycles. The van der Waals surface area contributed by atoms with Gasteiger partial charge >= 0.3 is 0 Å². The number of carbonyl (C=O) groups is 1. The maximum Gasteiger partial charge on any atom is 0.244 e. The van der Waals surface area contributed by atoms with Crippen LogP contribution in [0.2, 0.25) is 5.02 Å². The molecule has 0 radical (unpaired) electrons. The molecule has 0 aromatic heterocycles. The second kappa shape index (κ2) is 7.95. The van der Waals surface area contributed by atoms with Crippen molar-refractivity contribution in [2.45, 2.75) is 12.5 Å². The van der Waals surface area contributed by atoms with Crippen molar-refractivity contribution in [2.75, 3.05) is 13.7 Å². The summed E-state index contributed by atoms with van der Waals surface area (Å²) in [4.78, 5) is 12.0. The van der Waals surface area contributed by atoms with E-state index in [0.29, 0.717) is 11.6 Å². The number of carbonyl (C=O) groups excluding carboxylic acids is 1. The van der Waals surface area contributed by atoms with Crippen LogP contribution in [0.5, 0.6) is 0 Å². The highest BCUT2D eigenvalue weighted by molar-refractivity contribution is 6.30. The molecule has 4 heteroatoms. The quantitative estimate of drug-likeness (QED) is 0.812. The monoisotopic (exact) mass is 329 g/mol. The Hall–Kier alpha value is -2.10. The average Bonchev–Trinajstić information content (AvgIpc) is 2.58. The Morgan fingerprint density at radius 3 is 2.61 bits per heavy atom. The summed E-state index contributed by atoms with van der Waals surface area (Å²) >= 11 is 6.03. The molecule has 0 saturated heterocycles. The summed E-state index contributed by atoms with van der Waals surface area (Å²) in [7, 11) is 1.62. The van der Waals surface area contributed by atoms with Crippen molar-refractivity contribution in [2.24, 2.45) is 0 Å². The highest BCUT2D eigenvalue weighted by Crippen LogP contribution is 2.26. The molecule has 0 heterocycles. The molecule has 120 valence electrons. The van der Waals surface area contributed by atoms with Crippen LogP contribution >= 0.6 is 11.6 Å². The van der Waals surface area contributed by atoms with E-state index in [1.54, 1.807) is 13.2 Å². The molecular formula is C19H20ClNO2. The maximum atomic E-state index is 12.0. The number of hydrogen-bond acceptors (Lipinski definition) is 2. The Morgan fingerprint density at radius 1 is 1.22 bits per heavy atom. The lowest BCUT2D eigenvalue weighted by atomic mass is 9.95. The van der Waals surface area contributed by atoms with Gasteiger partial charge in [0.05, 0.1) is 6.54 Å². The van der Waals surface area contributed by atoms with E-state index in [9.17, 15) is 4.79 Å². The Kier molecular flexibility index (Phi) is 5.97. The second-order valence-electron chi connectivity index (χ2n) is 5.41. The highest BCUT2D eigenvalue weighted by atomic mass is 35.5. The average molecular weight is 330 g/mol. The van der Waals surface area contributed by atoms with Crippen LogP contribution in [0.4, 0.5) is 0 Å². The van der Waals surface area contributed by atoms with Crippen molar-refractivity contribution in [1.29, 1.82) is 0 Å². The molecule has 0 aliphatic heterocycles. The zero-order valence-electron chi connectivity index (χ0n) is 13.3. The van der Waals surface area contributed by atoms with Crippen LogP contribution in [0, 0.1) is 0 Å². The van der Waals surface area contributed by atoms with Gasteiger partial charge in [-0.1, -0.05) is 54.1 Å². The maximum absolute atomic E-state index is 12.0. The van der Waals surface area contributed by atoms with Gasteiger partial charge in [-0.25, -0.2) is 0 Å². The predicted octanol–water partition coefficient (Wildman–Crippen LogP) is 4.03. The molecule has 1 amide bonds. The van der Waals surface area contributed by atoms with E-state index in [4.69, 9.17) is 16.3 Å². The van der Waals surface area contributed by atoms with E-state index in [1.807, 2.05) is 61.5 Å². The lowest BCUT2D eigenvalue weighted by molar-refractivity contribution is -0.118. The summed E-state index contributed by atoms with van der Waals surface area (Å²) < 4.78 is 5.59. The van der Waals surface area contributed by atoms with Crippen molar-refractivity contribution in [3.8, 4) is 0 Å². The highest BCUT2D eigenvalue weighted by Gasteiger charge is 2.26. The van der Waals surface area contributed by atoms with Crippen molar-refractivity contribution < 1.29 is 9.53 Å². The van der Waals surface area contributed by atoms with Gasteiger partial charge in [-0.2, -0.15) is 0 Å². The van der Waals surface area contributed by atoms with Crippen LogP contribution in [0.25, 0.3) is 6.08 Å². The first-order valence-corrected chi connectivity index (χ1v) is 7.73. The molecule has 0 spiro atoms. The minimum atomic E-state index is -0.638. The van der Waals surface area contributed by atoms with E-state index in [-0.39, 0.29) is 5.91 Å². The van der Waals surface area contributed by atoms with Crippen molar-refractivity contribution in [3.63, 3.8) is 0 Å². The SMILES string of the molecule is COC(C)(CNC(=O)C=Cc1ccccc1)c1cccc(Cl)c1. The van der Waals surface area contributed by atoms with Gasteiger partial charge in [0.15, 0.2) is 0 Å². The number of halogens is 1. The van der Waals surface area contributed by atoms with E-state index in [1.165, 1.54) is 6.08 Å². The molecule has 2 aromatic rings. The fourth-order valence-corrected chi connectivity index (χ4v) is 2.35. The molecule has 0 aliphatic rings. The van der Waals surface area contributed by atoms with Gasteiger partial charge in [0.1, 0.15) is 5.60 Å². The minimum Gasteiger partial charge on any atom is -0.372 e. The second-order valence-corrected chi connectivity index (χ2v) is 5.84. The Balaban J connectivity index is 2.00. The molecule has 2 rings (SSSR count). The third-order valence-corrected chi connectivity index (χ3v) is 3.95. The van der Waals surface area contributed by atoms with Crippen molar-refractivity contribution in [1.82, 2.24) is 5.32 Å². The van der Waals surface area contributed by atoms with Gasteiger partial charge in [0, 0.05) is 18.2 Å². The van der Waals surface area contributed by atoms with Crippen molar-refractivity contribution >= 4 is 23.6 Å². The summed E-state index contributed by atoms with van der Waals surface area (Å²) in [5.74, 6) is -0.167. The van der Waals surface area contributed by atoms with Gasteiger partial charge in [0.2, 0.25) is 5.91 Å². The van der Waals surface area contributed by atoms with E-state index in [0.717, 1.165) is 11.1 Å². The normalized spacial score (nSPS) is 13.7. The zero-order valence-corrected chi connectivity index (χ0v) is 14.0. The number of methoxy groups -OCH3 is 1. The Bertz CT molecular complexity index is 685. The molecule has 3 nitrogen and oxygen atoms in total. The van der Waals surface area contributed by atoms with Crippen LogP contribution in [0.1, 0.15) is 18.1 Å². The summed E-state index contributed by atoms with van der Waals surface area (Å²) in [5.41, 5.74) is 1.26. The molecular weight excluding hydrogens is 310 g/mol. The molecule has 1 unspecified atom stereocenters. The molecule has 0 saturated carbocycles. The van der Waals surface area contributed by atoms with Gasteiger partial charge in [-0.05, 0) is 36.3 Å². The first-order chi connectivity index (χ1) is 11.0. The number of benzene rings is 2. The Labute approximate surface area is 141 Å². The number of hydrogen-bond donors (Lipinski definition) is 1. The van der Waals surface area contributed by atoms with Crippen LogP contribution in [0.15, 0.2) is 60.7 Å². The summed E-state index contributed by atoms with van der Waals surface area (Å²) in [6, 6.07) is 17.1. The fraction of sp³-hybridized carbons (Fsp3) is 0.211. The summed E-state index contributed by atoms with van der Waals surface area (Å²) in [5, 5.41) is 3.51. The molecule has 0 fully saturated rings. The standard InChI is InChI=1S/C19H20ClNO2/c1-19(23-2,16-9-6-10-17(20)13-16)14-21-18(22)12-11-15-7-4-3-5-8-15/h3-13H,14H2,1-2H3,(H,21,22). The topological polar surface area (TPSA) is 38.3 Å². The number of amides is 1. The molecule has 2 aromatic carbocycles. The largest absolute Gasteiger partial charge is 0.372 e. The van der Waals surface area contributed by atoms with Gasteiger partial charge in [-0.15, -0.1) is 0 Å². The summed E-state index contributed by atoms with van der Waals surface area (Å²) in [6.07, 6.45) is 3.29. The van der Waals surface area contributed by atoms with Gasteiger partial charge in [-0.3, -0.25) is 4.79 Å². The first kappa shape index (κ1) is 17.3. The van der Waals surface area contributed by atoms with Crippen LogP contribution in [-0.2, 0) is 15.1 Å². The minimum absolute atomic E-state index is 0.167. The number of ether oxygens (including phenoxy) is 1. The molecule has 0 bridgehead atoms. The Morgan fingerprint density at radius 2 is 1.96 bits per heavy atom. The van der Waals surface area contributed by atoms with E-state index in [2.05, 4.69) is 5.32 Å². The number of nitrogens with one attached hydrogen (secondary N) is 1. The van der Waals surface area contributed by atoms with Crippen LogP contribution < -0.4 is 5.32 Å². The zero-order chi connectivity index (χ0) is 16.7. The van der Waals surface area contributed by atoms with Gasteiger partial charge in [0.25, 0.3) is 0 Å². The molecule has 23 heavy (non-hydrogen) atoms.